The number of amides is 1. The number of aliphatic hydroxyl groups is 1. The van der Waals surface area contributed by atoms with Crippen LogP contribution in [0.3, 0.4) is 0 Å². The average molecular weight is 304 g/mol. The summed E-state index contributed by atoms with van der Waals surface area (Å²) in [6.07, 6.45) is 0.352. The predicted octanol–water partition coefficient (Wildman–Crippen LogP) is 2.49. The van der Waals surface area contributed by atoms with E-state index in [0.29, 0.717) is 4.67 Å². The fourth-order valence-electron chi connectivity index (χ4n) is 1.42. The number of hydrogen-bond donors (Lipinski definition) is 2. The van der Waals surface area contributed by atoms with Crippen LogP contribution >= 0.6 is 15.9 Å². The molecule has 0 aromatic carbocycles. The molecular formula is C12H18BrNO3. The Morgan fingerprint density at radius 3 is 2.76 bits per heavy atom. The second kappa shape index (κ2) is 6.21. The third-order valence-electron chi connectivity index (χ3n) is 2.87. The number of carbonyl (C=O) groups excluding carboxylic acids is 1. The lowest BCUT2D eigenvalue weighted by molar-refractivity contribution is 0.0825. The van der Waals surface area contributed by atoms with E-state index in [1.165, 1.54) is 0 Å². The van der Waals surface area contributed by atoms with Gasteiger partial charge < -0.3 is 14.8 Å². The van der Waals surface area contributed by atoms with Gasteiger partial charge in [-0.25, -0.2) is 0 Å². The molecule has 0 aliphatic carbocycles. The minimum absolute atomic E-state index is 0.166. The van der Waals surface area contributed by atoms with Crippen molar-refractivity contribution < 1.29 is 14.3 Å². The van der Waals surface area contributed by atoms with Gasteiger partial charge >= 0.3 is 0 Å². The van der Waals surface area contributed by atoms with Crippen molar-refractivity contribution in [2.24, 2.45) is 5.92 Å². The van der Waals surface area contributed by atoms with E-state index in [2.05, 4.69) is 21.2 Å². The van der Waals surface area contributed by atoms with E-state index >= 15 is 0 Å². The summed E-state index contributed by atoms with van der Waals surface area (Å²) in [5.41, 5.74) is 0.771. The quantitative estimate of drug-likeness (QED) is 0.878. The van der Waals surface area contributed by atoms with Crippen molar-refractivity contribution in [1.82, 2.24) is 5.32 Å². The molecule has 0 saturated heterocycles. The summed E-state index contributed by atoms with van der Waals surface area (Å²) < 4.78 is 5.75. The highest BCUT2D eigenvalue weighted by molar-refractivity contribution is 9.10. The molecule has 0 bridgehead atoms. The molecular weight excluding hydrogens is 286 g/mol. The van der Waals surface area contributed by atoms with Crippen molar-refractivity contribution in [2.45, 2.75) is 33.3 Å². The first kappa shape index (κ1) is 14.3. The first-order chi connectivity index (χ1) is 7.95. The molecule has 0 aliphatic heterocycles. The summed E-state index contributed by atoms with van der Waals surface area (Å²) in [5, 5.41) is 12.4. The molecule has 0 fully saturated rings. The fourth-order valence-corrected chi connectivity index (χ4v) is 1.92. The average Bonchev–Trinajstić information content (AvgIpc) is 2.63. The lowest BCUT2D eigenvalue weighted by Gasteiger charge is -2.17. The standard InChI is InChI=1S/C12H18BrNO3/c1-4-7(2)9(15)6-14-12(16)11-8(3)5-10(13)17-11/h5,7,9,15H,4,6H2,1-3H3,(H,14,16). The van der Waals surface area contributed by atoms with Crippen LogP contribution in [0.15, 0.2) is 15.2 Å². The van der Waals surface area contributed by atoms with Crippen molar-refractivity contribution in [3.8, 4) is 0 Å². The number of halogens is 1. The summed E-state index contributed by atoms with van der Waals surface area (Å²) >= 11 is 3.17. The number of hydrogen-bond acceptors (Lipinski definition) is 3. The van der Waals surface area contributed by atoms with Crippen LogP contribution < -0.4 is 5.32 Å². The largest absolute Gasteiger partial charge is 0.444 e. The second-order valence-corrected chi connectivity index (χ2v) is 5.01. The van der Waals surface area contributed by atoms with Gasteiger partial charge in [-0.05, 0) is 34.8 Å². The Kier molecular flexibility index (Phi) is 5.21. The highest BCUT2D eigenvalue weighted by Crippen LogP contribution is 2.19. The molecule has 1 amide bonds. The molecule has 2 atom stereocenters. The molecule has 1 heterocycles. The normalized spacial score (nSPS) is 14.4. The Labute approximate surface area is 110 Å². The van der Waals surface area contributed by atoms with E-state index < -0.39 is 6.10 Å². The van der Waals surface area contributed by atoms with Gasteiger partial charge in [0.1, 0.15) is 0 Å². The van der Waals surface area contributed by atoms with E-state index in [9.17, 15) is 9.90 Å². The molecule has 0 aliphatic rings. The van der Waals surface area contributed by atoms with Gasteiger partial charge in [0, 0.05) is 12.1 Å². The van der Waals surface area contributed by atoms with Gasteiger partial charge in [0.2, 0.25) is 0 Å². The Morgan fingerprint density at radius 2 is 2.29 bits per heavy atom. The second-order valence-electron chi connectivity index (χ2n) is 4.23. The maximum absolute atomic E-state index is 11.8. The van der Waals surface area contributed by atoms with E-state index in [0.717, 1.165) is 12.0 Å². The molecule has 0 saturated carbocycles. The first-order valence-corrected chi connectivity index (χ1v) is 6.47. The molecule has 0 spiro atoms. The molecule has 1 aromatic heterocycles. The molecule has 5 heteroatoms. The maximum Gasteiger partial charge on any atom is 0.287 e. The third kappa shape index (κ3) is 3.85. The zero-order valence-corrected chi connectivity index (χ0v) is 11.9. The summed E-state index contributed by atoms with van der Waals surface area (Å²) in [6, 6.07) is 1.74. The van der Waals surface area contributed by atoms with Crippen LogP contribution in [0, 0.1) is 12.8 Å². The lowest BCUT2D eigenvalue weighted by atomic mass is 10.0. The van der Waals surface area contributed by atoms with Crippen LogP contribution in [0.2, 0.25) is 0 Å². The van der Waals surface area contributed by atoms with Gasteiger partial charge in [-0.2, -0.15) is 0 Å². The minimum atomic E-state index is -0.525. The van der Waals surface area contributed by atoms with Gasteiger partial charge in [-0.3, -0.25) is 4.79 Å². The zero-order valence-electron chi connectivity index (χ0n) is 10.3. The number of nitrogens with one attached hydrogen (secondary N) is 1. The van der Waals surface area contributed by atoms with E-state index in [-0.39, 0.29) is 24.1 Å². The van der Waals surface area contributed by atoms with Crippen molar-refractivity contribution >= 4 is 21.8 Å². The molecule has 4 nitrogen and oxygen atoms in total. The number of aryl methyl sites for hydroxylation is 1. The Bertz CT molecular complexity index is 389. The Hall–Kier alpha value is -0.810. The van der Waals surface area contributed by atoms with Gasteiger partial charge in [0.05, 0.1) is 6.10 Å². The van der Waals surface area contributed by atoms with E-state index in [1.807, 2.05) is 13.8 Å². The minimum Gasteiger partial charge on any atom is -0.444 e. The van der Waals surface area contributed by atoms with Crippen molar-refractivity contribution in [3.05, 3.63) is 22.1 Å². The number of carbonyl (C=O) groups is 1. The summed E-state index contributed by atoms with van der Waals surface area (Å²) in [6.45, 7) is 5.99. The van der Waals surface area contributed by atoms with Gasteiger partial charge in [-0.1, -0.05) is 20.3 Å². The topological polar surface area (TPSA) is 62.5 Å². The monoisotopic (exact) mass is 303 g/mol. The van der Waals surface area contributed by atoms with Crippen LogP contribution in [0.25, 0.3) is 0 Å². The van der Waals surface area contributed by atoms with Crippen LogP contribution in [0.5, 0.6) is 0 Å². The lowest BCUT2D eigenvalue weighted by Crippen LogP contribution is -2.35. The Balaban J connectivity index is 2.53. The number of rotatable bonds is 5. The number of furan rings is 1. The van der Waals surface area contributed by atoms with Crippen LogP contribution in [0.1, 0.15) is 36.4 Å². The highest BCUT2D eigenvalue weighted by Gasteiger charge is 2.17. The van der Waals surface area contributed by atoms with Crippen LogP contribution in [-0.4, -0.2) is 23.7 Å². The molecule has 2 unspecified atom stereocenters. The smallest absolute Gasteiger partial charge is 0.287 e. The highest BCUT2D eigenvalue weighted by atomic mass is 79.9. The fraction of sp³-hybridized carbons (Fsp3) is 0.583. The molecule has 0 radical (unpaired) electrons. The molecule has 17 heavy (non-hydrogen) atoms. The number of aliphatic hydroxyl groups excluding tert-OH is 1. The van der Waals surface area contributed by atoms with Crippen molar-refractivity contribution in [2.75, 3.05) is 6.54 Å². The summed E-state index contributed by atoms with van der Waals surface area (Å²) in [5.74, 6) is 0.156. The van der Waals surface area contributed by atoms with Crippen molar-refractivity contribution in [3.63, 3.8) is 0 Å². The van der Waals surface area contributed by atoms with E-state index in [1.54, 1.807) is 13.0 Å². The maximum atomic E-state index is 11.8. The van der Waals surface area contributed by atoms with Gasteiger partial charge in [0.25, 0.3) is 5.91 Å². The van der Waals surface area contributed by atoms with Gasteiger partial charge in [-0.15, -0.1) is 0 Å². The third-order valence-corrected chi connectivity index (χ3v) is 3.26. The van der Waals surface area contributed by atoms with E-state index in [4.69, 9.17) is 4.42 Å². The van der Waals surface area contributed by atoms with Gasteiger partial charge in [0.15, 0.2) is 10.4 Å². The molecule has 1 aromatic rings. The first-order valence-electron chi connectivity index (χ1n) is 5.67. The summed E-state index contributed by atoms with van der Waals surface area (Å²) in [7, 11) is 0. The van der Waals surface area contributed by atoms with Crippen molar-refractivity contribution in [1.29, 1.82) is 0 Å². The molecule has 96 valence electrons. The molecule has 1 rings (SSSR count). The van der Waals surface area contributed by atoms with Crippen LogP contribution in [0.4, 0.5) is 0 Å². The Morgan fingerprint density at radius 1 is 1.65 bits per heavy atom. The summed E-state index contributed by atoms with van der Waals surface area (Å²) in [4.78, 5) is 11.8. The molecule has 2 N–H and O–H groups in total. The SMILES string of the molecule is CCC(C)C(O)CNC(=O)c1oc(Br)cc1C. The van der Waals surface area contributed by atoms with Crippen LogP contribution in [-0.2, 0) is 0 Å². The predicted molar refractivity (Wildman–Crippen MR) is 68.9 cm³/mol. The zero-order chi connectivity index (χ0) is 13.0.